The first kappa shape index (κ1) is 14.7. The van der Waals surface area contributed by atoms with Crippen molar-refractivity contribution in [1.29, 1.82) is 5.26 Å². The van der Waals surface area contributed by atoms with Crippen LogP contribution in [0.25, 0.3) is 16.2 Å². The smallest absolute Gasteiger partial charge is 0.214 e. The number of nitrogens with zero attached hydrogens (tertiary/aromatic N) is 4. The summed E-state index contributed by atoms with van der Waals surface area (Å²) < 4.78 is 1.70. The van der Waals surface area contributed by atoms with Gasteiger partial charge in [0.1, 0.15) is 16.8 Å². The Morgan fingerprint density at radius 2 is 1.91 bits per heavy atom. The van der Waals surface area contributed by atoms with E-state index in [1.807, 2.05) is 0 Å². The van der Waals surface area contributed by atoms with Gasteiger partial charge in [-0.3, -0.25) is 0 Å². The first-order chi connectivity index (χ1) is 10.5. The Morgan fingerprint density at radius 3 is 2.50 bits per heavy atom. The second-order valence-corrected chi connectivity index (χ2v) is 6.68. The summed E-state index contributed by atoms with van der Waals surface area (Å²) >= 11 is 1.57. The summed E-state index contributed by atoms with van der Waals surface area (Å²) in [7, 11) is 0. The number of aromatic nitrogens is 3. The third-order valence-corrected chi connectivity index (χ3v) is 4.70. The van der Waals surface area contributed by atoms with Gasteiger partial charge in [-0.1, -0.05) is 36.0 Å². The molecule has 3 aromatic rings. The molecule has 2 heterocycles. The van der Waals surface area contributed by atoms with Crippen LogP contribution < -0.4 is 0 Å². The molecule has 0 aliphatic carbocycles. The number of nitriles is 1. The highest BCUT2D eigenvalue weighted by molar-refractivity contribution is 7.16. The molecule has 0 saturated heterocycles. The highest BCUT2D eigenvalue weighted by Gasteiger charge is 2.20. The average Bonchev–Trinajstić information content (AvgIpc) is 2.94. The molecule has 112 valence electrons. The summed E-state index contributed by atoms with van der Waals surface area (Å²) in [6.45, 7) is 8.35. The van der Waals surface area contributed by atoms with Crippen molar-refractivity contribution >= 4 is 16.3 Å². The molecular weight excluding hydrogens is 292 g/mol. The summed E-state index contributed by atoms with van der Waals surface area (Å²) in [5, 5.41) is 15.2. The Balaban J connectivity index is 2.24. The predicted octanol–water partition coefficient (Wildman–Crippen LogP) is 4.21. The third kappa shape index (κ3) is 2.30. The molecule has 22 heavy (non-hydrogen) atoms. The van der Waals surface area contributed by atoms with Crippen LogP contribution >= 0.6 is 11.3 Å². The van der Waals surface area contributed by atoms with Gasteiger partial charge in [-0.25, -0.2) is 4.98 Å². The van der Waals surface area contributed by atoms with Gasteiger partial charge in [0.15, 0.2) is 5.69 Å². The van der Waals surface area contributed by atoms with E-state index in [-0.39, 0.29) is 0 Å². The maximum absolute atomic E-state index is 9.60. The molecule has 2 aromatic heterocycles. The van der Waals surface area contributed by atoms with Gasteiger partial charge in [0, 0.05) is 12.0 Å². The van der Waals surface area contributed by atoms with Crippen molar-refractivity contribution in [2.45, 2.75) is 40.5 Å². The predicted molar refractivity (Wildman–Crippen MR) is 89.2 cm³/mol. The van der Waals surface area contributed by atoms with Crippen molar-refractivity contribution in [1.82, 2.24) is 14.6 Å². The van der Waals surface area contributed by atoms with Crippen LogP contribution in [0.15, 0.2) is 12.1 Å². The number of rotatable bonds is 3. The van der Waals surface area contributed by atoms with Gasteiger partial charge < -0.3 is 0 Å². The first-order valence-corrected chi connectivity index (χ1v) is 8.23. The average molecular weight is 310 g/mol. The molecule has 0 spiro atoms. The van der Waals surface area contributed by atoms with Gasteiger partial charge in [0.25, 0.3) is 0 Å². The number of fused-ring (bicyclic) bond motifs is 1. The van der Waals surface area contributed by atoms with Crippen molar-refractivity contribution in [3.05, 3.63) is 39.5 Å². The molecule has 0 bridgehead atoms. The normalized spacial score (nSPS) is 11.0. The van der Waals surface area contributed by atoms with Gasteiger partial charge in [-0.05, 0) is 38.3 Å². The number of hydrogen-bond acceptors (Lipinski definition) is 4. The number of benzene rings is 1. The number of aryl methyl sites for hydroxylation is 4. The molecule has 0 aliphatic heterocycles. The second kappa shape index (κ2) is 5.54. The van der Waals surface area contributed by atoms with Crippen LogP contribution in [0.4, 0.5) is 0 Å². The quantitative estimate of drug-likeness (QED) is 0.728. The Kier molecular flexibility index (Phi) is 3.71. The van der Waals surface area contributed by atoms with E-state index in [0.717, 1.165) is 45.2 Å². The van der Waals surface area contributed by atoms with E-state index in [1.165, 1.54) is 5.56 Å². The molecule has 0 saturated carbocycles. The summed E-state index contributed by atoms with van der Waals surface area (Å²) in [6.07, 6.45) is 1.97. The zero-order valence-corrected chi connectivity index (χ0v) is 14.1. The van der Waals surface area contributed by atoms with Crippen LogP contribution in [0.5, 0.6) is 0 Å². The molecule has 1 aromatic carbocycles. The van der Waals surface area contributed by atoms with Crippen LogP contribution in [0, 0.1) is 32.1 Å². The molecule has 0 fully saturated rings. The topological polar surface area (TPSA) is 54.0 Å². The van der Waals surface area contributed by atoms with Crippen molar-refractivity contribution in [3.8, 4) is 17.3 Å². The fourth-order valence-electron chi connectivity index (χ4n) is 2.93. The minimum absolute atomic E-state index is 0.531. The summed E-state index contributed by atoms with van der Waals surface area (Å²) in [4.78, 5) is 5.50. The lowest BCUT2D eigenvalue weighted by Crippen LogP contribution is -1.95. The number of imidazole rings is 1. The van der Waals surface area contributed by atoms with Crippen LogP contribution in [-0.2, 0) is 6.42 Å². The van der Waals surface area contributed by atoms with Crippen molar-refractivity contribution in [2.75, 3.05) is 0 Å². The fourth-order valence-corrected chi connectivity index (χ4v) is 3.93. The summed E-state index contributed by atoms with van der Waals surface area (Å²) in [6, 6.07) is 6.55. The molecular formula is C17H18N4S. The maximum atomic E-state index is 9.60. The summed E-state index contributed by atoms with van der Waals surface area (Å²) in [5.41, 5.74) is 5.85. The SMILES string of the molecule is CCCc1nn2c(C#N)c(-c3c(C)cc(C)cc3C)nc2s1. The van der Waals surface area contributed by atoms with E-state index in [0.29, 0.717) is 5.69 Å². The Bertz CT molecular complexity index is 872. The molecule has 5 heteroatoms. The van der Waals surface area contributed by atoms with Gasteiger partial charge >= 0.3 is 0 Å². The van der Waals surface area contributed by atoms with Gasteiger partial charge in [-0.2, -0.15) is 14.9 Å². The molecule has 0 amide bonds. The van der Waals surface area contributed by atoms with Crippen LogP contribution in [-0.4, -0.2) is 14.6 Å². The van der Waals surface area contributed by atoms with E-state index in [4.69, 9.17) is 4.98 Å². The molecule has 3 rings (SSSR count). The van der Waals surface area contributed by atoms with E-state index in [9.17, 15) is 5.26 Å². The standard InChI is InChI=1S/C17H18N4S/c1-5-6-14-20-21-13(9-18)16(19-17(21)22-14)15-11(3)7-10(2)8-12(15)4/h7-8H,5-6H2,1-4H3. The maximum Gasteiger partial charge on any atom is 0.214 e. The lowest BCUT2D eigenvalue weighted by molar-refractivity contribution is 0.843. The highest BCUT2D eigenvalue weighted by Crippen LogP contribution is 2.32. The molecule has 0 unspecified atom stereocenters. The minimum Gasteiger partial charge on any atom is -0.216 e. The van der Waals surface area contributed by atoms with Crippen LogP contribution in [0.3, 0.4) is 0 Å². The zero-order valence-electron chi connectivity index (χ0n) is 13.3. The largest absolute Gasteiger partial charge is 0.216 e. The van der Waals surface area contributed by atoms with Crippen molar-refractivity contribution in [3.63, 3.8) is 0 Å². The first-order valence-electron chi connectivity index (χ1n) is 7.42. The van der Waals surface area contributed by atoms with Gasteiger partial charge in [0.05, 0.1) is 0 Å². The third-order valence-electron chi connectivity index (χ3n) is 3.73. The zero-order chi connectivity index (χ0) is 15.9. The lowest BCUT2D eigenvalue weighted by Gasteiger charge is -2.09. The fraction of sp³-hybridized carbons (Fsp3) is 0.353. The molecule has 0 aliphatic rings. The van der Waals surface area contributed by atoms with E-state index in [1.54, 1.807) is 15.9 Å². The monoisotopic (exact) mass is 310 g/mol. The Morgan fingerprint density at radius 1 is 1.23 bits per heavy atom. The van der Waals surface area contributed by atoms with E-state index < -0.39 is 0 Å². The van der Waals surface area contributed by atoms with Gasteiger partial charge in [-0.15, -0.1) is 0 Å². The Hall–Kier alpha value is -2.19. The minimum atomic E-state index is 0.531. The highest BCUT2D eigenvalue weighted by atomic mass is 32.1. The second-order valence-electron chi connectivity index (χ2n) is 5.63. The lowest BCUT2D eigenvalue weighted by atomic mass is 9.96. The summed E-state index contributed by atoms with van der Waals surface area (Å²) in [5.74, 6) is 0. The van der Waals surface area contributed by atoms with Crippen molar-refractivity contribution in [2.24, 2.45) is 0 Å². The molecule has 4 nitrogen and oxygen atoms in total. The van der Waals surface area contributed by atoms with E-state index >= 15 is 0 Å². The van der Waals surface area contributed by atoms with E-state index in [2.05, 4.69) is 51.0 Å². The number of hydrogen-bond donors (Lipinski definition) is 0. The molecule has 0 N–H and O–H groups in total. The van der Waals surface area contributed by atoms with Crippen molar-refractivity contribution < 1.29 is 0 Å². The van der Waals surface area contributed by atoms with Gasteiger partial charge in [0.2, 0.25) is 4.96 Å². The van der Waals surface area contributed by atoms with Crippen LogP contribution in [0.2, 0.25) is 0 Å². The van der Waals surface area contributed by atoms with Crippen LogP contribution in [0.1, 0.15) is 40.7 Å². The molecule has 0 radical (unpaired) electrons. The molecule has 0 atom stereocenters. The Labute approximate surface area is 134 Å².